The van der Waals surface area contributed by atoms with Crippen molar-refractivity contribution in [3.8, 4) is 0 Å². The Hall–Kier alpha value is -0.260. The van der Waals surface area contributed by atoms with Crippen LogP contribution in [-0.2, 0) is 9.53 Å². The zero-order valence-corrected chi connectivity index (χ0v) is 8.55. The Morgan fingerprint density at radius 2 is 2.23 bits per heavy atom. The highest BCUT2D eigenvalue weighted by atomic mass is 32.2. The highest BCUT2D eigenvalue weighted by molar-refractivity contribution is 7.99. The van der Waals surface area contributed by atoms with E-state index >= 15 is 0 Å². The van der Waals surface area contributed by atoms with Crippen LogP contribution < -0.4 is 0 Å². The lowest BCUT2D eigenvalue weighted by atomic mass is 10.2. The number of rotatable bonds is 7. The fourth-order valence-corrected chi connectivity index (χ4v) is 1.86. The average molecular weight is 208 g/mol. The first kappa shape index (κ1) is 12.7. The fourth-order valence-electron chi connectivity index (χ4n) is 0.989. The van der Waals surface area contributed by atoms with Crippen LogP contribution >= 0.6 is 11.8 Å². The summed E-state index contributed by atoms with van der Waals surface area (Å²) in [5.41, 5.74) is 0. The molecule has 0 aromatic rings. The summed E-state index contributed by atoms with van der Waals surface area (Å²) in [5.74, 6) is -0.404. The van der Waals surface area contributed by atoms with Gasteiger partial charge in [0.25, 0.3) is 0 Å². The van der Waals surface area contributed by atoms with E-state index in [-0.39, 0.29) is 17.6 Å². The van der Waals surface area contributed by atoms with Gasteiger partial charge in [0.05, 0.1) is 12.4 Å². The molecular formula is C8H16O4S. The quantitative estimate of drug-likeness (QED) is 0.476. The van der Waals surface area contributed by atoms with Crippen molar-refractivity contribution in [2.75, 3.05) is 12.7 Å². The normalized spacial score (nSPS) is 12.5. The van der Waals surface area contributed by atoms with Crippen molar-refractivity contribution < 1.29 is 19.7 Å². The Morgan fingerprint density at radius 1 is 1.54 bits per heavy atom. The number of aliphatic hydroxyl groups is 2. The third-order valence-electron chi connectivity index (χ3n) is 1.54. The first-order valence-corrected chi connectivity index (χ1v) is 5.28. The molecule has 0 aliphatic rings. The summed E-state index contributed by atoms with van der Waals surface area (Å²) in [6, 6.07) is 0. The van der Waals surface area contributed by atoms with Crippen LogP contribution in [0.3, 0.4) is 0 Å². The molecule has 0 fully saturated rings. The van der Waals surface area contributed by atoms with Crippen molar-refractivity contribution >= 4 is 17.7 Å². The molecule has 78 valence electrons. The largest absolute Gasteiger partial charge is 0.439 e. The number of ether oxygens (including phenoxy) is 1. The van der Waals surface area contributed by atoms with E-state index in [0.717, 1.165) is 12.8 Å². The van der Waals surface area contributed by atoms with Crippen molar-refractivity contribution in [2.24, 2.45) is 0 Å². The van der Waals surface area contributed by atoms with E-state index in [2.05, 4.69) is 4.74 Å². The van der Waals surface area contributed by atoms with Crippen molar-refractivity contribution in [3.05, 3.63) is 0 Å². The van der Waals surface area contributed by atoms with E-state index < -0.39 is 12.8 Å². The molecule has 0 radical (unpaired) electrons. The molecule has 0 rings (SSSR count). The van der Waals surface area contributed by atoms with Crippen LogP contribution in [-0.4, -0.2) is 34.2 Å². The van der Waals surface area contributed by atoms with Crippen molar-refractivity contribution in [3.63, 3.8) is 0 Å². The minimum Gasteiger partial charge on any atom is -0.439 e. The molecule has 0 saturated carbocycles. The lowest BCUT2D eigenvalue weighted by Gasteiger charge is -2.12. The van der Waals surface area contributed by atoms with Crippen LogP contribution in [0.1, 0.15) is 26.2 Å². The van der Waals surface area contributed by atoms with Crippen LogP contribution in [0, 0.1) is 0 Å². The molecule has 0 aromatic heterocycles. The molecule has 2 N–H and O–H groups in total. The molecule has 0 aliphatic heterocycles. The van der Waals surface area contributed by atoms with Gasteiger partial charge >= 0.3 is 5.97 Å². The lowest BCUT2D eigenvalue weighted by molar-refractivity contribution is -0.151. The van der Waals surface area contributed by atoms with Gasteiger partial charge in [0.15, 0.2) is 6.79 Å². The van der Waals surface area contributed by atoms with E-state index in [4.69, 9.17) is 10.2 Å². The number of carbonyl (C=O) groups excluding carboxylic acids is 1. The summed E-state index contributed by atoms with van der Waals surface area (Å²) >= 11 is 1.33. The van der Waals surface area contributed by atoms with Gasteiger partial charge in [-0.05, 0) is 6.42 Å². The number of thioether (sulfide) groups is 1. The van der Waals surface area contributed by atoms with Gasteiger partial charge in [0, 0.05) is 5.25 Å². The van der Waals surface area contributed by atoms with Gasteiger partial charge < -0.3 is 14.9 Å². The van der Waals surface area contributed by atoms with Gasteiger partial charge in [0.1, 0.15) is 0 Å². The predicted octanol–water partition coefficient (Wildman–Crippen LogP) is 0.721. The van der Waals surface area contributed by atoms with E-state index in [1.54, 1.807) is 0 Å². The second-order valence-electron chi connectivity index (χ2n) is 2.56. The number of carbonyl (C=O) groups is 1. The standard InChI is InChI=1S/C8H16O4S/c1-2-3-7(13-6-10)4-8(11)12-5-9/h7,9-10H,2-6H2,1H3. The van der Waals surface area contributed by atoms with E-state index in [1.165, 1.54) is 11.8 Å². The molecule has 5 heteroatoms. The Morgan fingerprint density at radius 3 is 2.69 bits per heavy atom. The minimum absolute atomic E-state index is 0.0110. The van der Waals surface area contributed by atoms with Gasteiger partial charge in [-0.15, -0.1) is 11.8 Å². The first-order chi connectivity index (χ1) is 6.24. The van der Waals surface area contributed by atoms with Crippen LogP contribution in [0.25, 0.3) is 0 Å². The Bertz CT molecular complexity index is 134. The van der Waals surface area contributed by atoms with Gasteiger partial charge in [-0.1, -0.05) is 13.3 Å². The molecule has 0 saturated heterocycles. The molecule has 0 amide bonds. The number of esters is 1. The summed E-state index contributed by atoms with van der Waals surface area (Å²) < 4.78 is 4.39. The van der Waals surface area contributed by atoms with E-state index in [1.807, 2.05) is 6.92 Å². The van der Waals surface area contributed by atoms with Gasteiger partial charge in [-0.25, -0.2) is 0 Å². The van der Waals surface area contributed by atoms with E-state index in [9.17, 15) is 4.79 Å². The molecule has 0 aromatic carbocycles. The summed E-state index contributed by atoms with van der Waals surface area (Å²) in [7, 11) is 0. The maximum Gasteiger partial charge on any atom is 0.309 e. The van der Waals surface area contributed by atoms with Crippen molar-refractivity contribution in [2.45, 2.75) is 31.4 Å². The Balaban J connectivity index is 3.71. The minimum atomic E-state index is -0.568. The molecular weight excluding hydrogens is 192 g/mol. The summed E-state index contributed by atoms with van der Waals surface area (Å²) in [6.07, 6.45) is 2.08. The van der Waals surface area contributed by atoms with Crippen LogP contribution in [0.4, 0.5) is 0 Å². The maximum absolute atomic E-state index is 10.9. The van der Waals surface area contributed by atoms with Crippen LogP contribution in [0.5, 0.6) is 0 Å². The number of hydrogen-bond acceptors (Lipinski definition) is 5. The topological polar surface area (TPSA) is 66.8 Å². The van der Waals surface area contributed by atoms with Gasteiger partial charge in [-0.3, -0.25) is 4.79 Å². The molecule has 0 spiro atoms. The Labute approximate surface area is 82.3 Å². The first-order valence-electron chi connectivity index (χ1n) is 4.23. The molecule has 4 nitrogen and oxygen atoms in total. The smallest absolute Gasteiger partial charge is 0.309 e. The second kappa shape index (κ2) is 8.34. The van der Waals surface area contributed by atoms with Crippen molar-refractivity contribution in [1.29, 1.82) is 0 Å². The zero-order valence-electron chi connectivity index (χ0n) is 7.73. The van der Waals surface area contributed by atoms with Crippen LogP contribution in [0.15, 0.2) is 0 Å². The SMILES string of the molecule is CCCC(CC(=O)OCO)SCO. The average Bonchev–Trinajstić information content (AvgIpc) is 2.05. The van der Waals surface area contributed by atoms with Crippen LogP contribution in [0.2, 0.25) is 0 Å². The van der Waals surface area contributed by atoms with E-state index in [0.29, 0.717) is 0 Å². The molecule has 0 aliphatic carbocycles. The predicted molar refractivity (Wildman–Crippen MR) is 51.2 cm³/mol. The lowest BCUT2D eigenvalue weighted by Crippen LogP contribution is -2.14. The third kappa shape index (κ3) is 6.86. The highest BCUT2D eigenvalue weighted by Gasteiger charge is 2.13. The monoisotopic (exact) mass is 208 g/mol. The molecule has 1 atom stereocenters. The third-order valence-corrected chi connectivity index (χ3v) is 2.56. The fraction of sp³-hybridized carbons (Fsp3) is 0.875. The van der Waals surface area contributed by atoms with Gasteiger partial charge in [-0.2, -0.15) is 0 Å². The zero-order chi connectivity index (χ0) is 10.1. The highest BCUT2D eigenvalue weighted by Crippen LogP contribution is 2.19. The summed E-state index contributed by atoms with van der Waals surface area (Å²) in [5, 5.41) is 17.1. The Kier molecular flexibility index (Phi) is 8.18. The van der Waals surface area contributed by atoms with Gasteiger partial charge in [0.2, 0.25) is 0 Å². The number of aliphatic hydroxyl groups excluding tert-OH is 2. The second-order valence-corrected chi connectivity index (χ2v) is 3.81. The molecule has 13 heavy (non-hydrogen) atoms. The molecule has 0 heterocycles. The number of hydrogen-bond donors (Lipinski definition) is 2. The molecule has 0 bridgehead atoms. The summed E-state index contributed by atoms with van der Waals surface area (Å²) in [4.78, 5) is 10.9. The van der Waals surface area contributed by atoms with Crippen molar-refractivity contribution in [1.82, 2.24) is 0 Å². The summed E-state index contributed by atoms with van der Waals surface area (Å²) in [6.45, 7) is 1.45. The molecule has 1 unspecified atom stereocenters. The maximum atomic E-state index is 10.9.